The summed E-state index contributed by atoms with van der Waals surface area (Å²) < 4.78 is 16.7. The topological polar surface area (TPSA) is 78.9 Å². The van der Waals surface area contributed by atoms with Crippen molar-refractivity contribution in [1.29, 1.82) is 0 Å². The molecule has 0 saturated heterocycles. The van der Waals surface area contributed by atoms with Crippen LogP contribution in [0.1, 0.15) is 180 Å². The van der Waals surface area contributed by atoms with E-state index in [9.17, 15) is 14.4 Å². The minimum Gasteiger partial charge on any atom is -0.462 e. The van der Waals surface area contributed by atoms with Crippen LogP contribution in [0.4, 0.5) is 0 Å². The highest BCUT2D eigenvalue weighted by Gasteiger charge is 2.13. The molecule has 0 spiro atoms. The van der Waals surface area contributed by atoms with Crippen LogP contribution in [0.2, 0.25) is 0 Å². The number of hydrogen-bond donors (Lipinski definition) is 0. The summed E-state index contributed by atoms with van der Waals surface area (Å²) in [6, 6.07) is 4.88. The van der Waals surface area contributed by atoms with Gasteiger partial charge < -0.3 is 14.2 Å². The highest BCUT2D eigenvalue weighted by atomic mass is 16.6. The lowest BCUT2D eigenvalue weighted by Gasteiger charge is -2.11. The lowest BCUT2D eigenvalue weighted by Crippen LogP contribution is -2.10. The van der Waals surface area contributed by atoms with Crippen molar-refractivity contribution in [2.45, 2.75) is 181 Å². The molecular formula is C74H100O6. The Morgan fingerprint density at radius 2 is 0.588 bits per heavy atom. The second-order valence-corrected chi connectivity index (χ2v) is 19.3. The highest BCUT2D eigenvalue weighted by Crippen LogP contribution is 2.29. The van der Waals surface area contributed by atoms with Gasteiger partial charge in [0.25, 0.3) is 0 Å². The van der Waals surface area contributed by atoms with Gasteiger partial charge in [-0.15, -0.1) is 0 Å². The smallest absolute Gasteiger partial charge is 0.336 e. The van der Waals surface area contributed by atoms with Gasteiger partial charge in [0.05, 0.1) is 6.61 Å². The first-order valence-electron chi connectivity index (χ1n) is 30.2. The molecule has 1 aromatic carbocycles. The Hall–Kier alpha value is -7.05. The van der Waals surface area contributed by atoms with E-state index < -0.39 is 17.9 Å². The van der Waals surface area contributed by atoms with Crippen LogP contribution in [0.25, 0.3) is 0 Å². The lowest BCUT2D eigenvalue weighted by molar-refractivity contribution is -0.137. The van der Waals surface area contributed by atoms with E-state index in [4.69, 9.17) is 14.2 Å². The zero-order valence-corrected chi connectivity index (χ0v) is 49.4. The summed E-state index contributed by atoms with van der Waals surface area (Å²) in [7, 11) is 0. The lowest BCUT2D eigenvalue weighted by atomic mass is 10.1. The molecule has 0 aliphatic carbocycles. The van der Waals surface area contributed by atoms with E-state index in [1.54, 1.807) is 66.8 Å². The molecule has 0 N–H and O–H groups in total. The van der Waals surface area contributed by atoms with Gasteiger partial charge in [-0.05, 0) is 56.2 Å². The van der Waals surface area contributed by atoms with Gasteiger partial charge in [0.15, 0.2) is 11.5 Å². The number of ether oxygens (including phenoxy) is 3. The molecule has 0 heterocycles. The molecule has 0 fully saturated rings. The number of esters is 3. The minimum atomic E-state index is -0.660. The summed E-state index contributed by atoms with van der Waals surface area (Å²) >= 11 is 0. The van der Waals surface area contributed by atoms with Crippen LogP contribution in [0.5, 0.6) is 11.5 Å². The van der Waals surface area contributed by atoms with Crippen LogP contribution in [-0.4, -0.2) is 24.5 Å². The van der Waals surface area contributed by atoms with E-state index in [2.05, 4.69) is 57.2 Å². The predicted molar refractivity (Wildman–Crippen MR) is 345 cm³/mol. The van der Waals surface area contributed by atoms with Crippen molar-refractivity contribution in [3.8, 4) is 11.5 Å². The Bertz CT molecular complexity index is 2300. The number of rotatable bonds is 47. The van der Waals surface area contributed by atoms with Crippen molar-refractivity contribution in [1.82, 2.24) is 0 Å². The molecule has 6 nitrogen and oxygen atoms in total. The quantitative estimate of drug-likeness (QED) is 0.0213. The van der Waals surface area contributed by atoms with Gasteiger partial charge in [-0.3, -0.25) is 0 Å². The third kappa shape index (κ3) is 50.5. The summed E-state index contributed by atoms with van der Waals surface area (Å²) in [4.78, 5) is 38.2. The molecule has 0 unspecified atom stereocenters. The van der Waals surface area contributed by atoms with E-state index in [0.717, 1.165) is 19.3 Å². The molecule has 0 bridgehead atoms. The molecular weight excluding hydrogens is 985 g/mol. The average molecular weight is 1090 g/mol. The van der Waals surface area contributed by atoms with Crippen molar-refractivity contribution >= 4 is 17.9 Å². The molecule has 0 saturated carbocycles. The fraction of sp³-hybridized carbons (Fsp3) is 0.392. The SMILES string of the molecule is CCCCCCCCCC=CC=CC=CC=CC=CC=CC(=O)OCCc1ccc(OC(=O)C=CC=CC=CC=CC=CC=CCCCCCCCCC)c(OC(=O)C=CC=CC=CC=CC=CC=CCCCCCCCCC)c1. The molecule has 432 valence electrons. The maximum absolute atomic E-state index is 13.0. The van der Waals surface area contributed by atoms with Crippen molar-refractivity contribution in [3.05, 3.63) is 242 Å². The minimum absolute atomic E-state index is 0.0535. The van der Waals surface area contributed by atoms with E-state index in [-0.39, 0.29) is 18.1 Å². The Kier molecular flexibility index (Phi) is 51.5. The normalized spacial score (nSPS) is 13.2. The monoisotopic (exact) mass is 1080 g/mol. The Morgan fingerprint density at radius 3 is 0.925 bits per heavy atom. The van der Waals surface area contributed by atoms with Crippen LogP contribution in [0.15, 0.2) is 237 Å². The van der Waals surface area contributed by atoms with E-state index >= 15 is 0 Å². The first-order chi connectivity index (χ1) is 39.5. The Morgan fingerprint density at radius 1 is 0.312 bits per heavy atom. The summed E-state index contributed by atoms with van der Waals surface area (Å²) in [6.07, 6.45) is 98.8. The molecule has 0 atom stereocenters. The standard InChI is InChI=1S/C74H100O6/c1-4-7-10-13-16-19-22-25-28-31-34-37-40-43-46-49-52-55-58-61-72(75)78-67-66-69-64-65-70(79-73(76)62-59-56-53-50-47-44-41-38-35-32-29-26-23-20-17-14-11-8-5-2)71(68-69)80-74(77)63-60-57-54-51-48-45-42-39-36-33-30-27-24-21-18-15-12-9-6-3/h28-65,68H,4-27,66-67H2,1-3H3. The zero-order valence-electron chi connectivity index (χ0n) is 49.4. The maximum atomic E-state index is 13.0. The summed E-state index contributed by atoms with van der Waals surface area (Å²) in [5.41, 5.74) is 0.707. The van der Waals surface area contributed by atoms with Crippen LogP contribution in [0.3, 0.4) is 0 Å². The molecule has 0 aromatic heterocycles. The van der Waals surface area contributed by atoms with Gasteiger partial charge in [-0.1, -0.05) is 343 Å². The van der Waals surface area contributed by atoms with Crippen LogP contribution in [0, 0.1) is 0 Å². The maximum Gasteiger partial charge on any atom is 0.336 e. The van der Waals surface area contributed by atoms with Crippen molar-refractivity contribution in [3.63, 3.8) is 0 Å². The molecule has 0 aliphatic rings. The van der Waals surface area contributed by atoms with Gasteiger partial charge in [-0.25, -0.2) is 14.4 Å². The number of carbonyl (C=O) groups is 3. The molecule has 6 heteroatoms. The third-order valence-corrected chi connectivity index (χ3v) is 12.1. The van der Waals surface area contributed by atoms with Crippen LogP contribution in [-0.2, 0) is 25.5 Å². The molecule has 1 aromatic rings. The van der Waals surface area contributed by atoms with Crippen LogP contribution >= 0.6 is 0 Å². The van der Waals surface area contributed by atoms with Crippen molar-refractivity contribution < 1.29 is 28.6 Å². The zero-order chi connectivity index (χ0) is 57.5. The first kappa shape index (κ1) is 71.0. The Balaban J connectivity index is 2.76. The third-order valence-electron chi connectivity index (χ3n) is 12.1. The fourth-order valence-electron chi connectivity index (χ4n) is 7.60. The van der Waals surface area contributed by atoms with E-state index in [1.807, 2.05) is 115 Å². The van der Waals surface area contributed by atoms with Crippen molar-refractivity contribution in [2.75, 3.05) is 6.61 Å². The second-order valence-electron chi connectivity index (χ2n) is 19.3. The molecule has 0 amide bonds. The molecule has 1 rings (SSSR count). The fourth-order valence-corrected chi connectivity index (χ4v) is 7.60. The second kappa shape index (κ2) is 58.1. The van der Waals surface area contributed by atoms with E-state index in [0.29, 0.717) is 12.0 Å². The molecule has 0 aliphatic heterocycles. The largest absolute Gasteiger partial charge is 0.462 e. The van der Waals surface area contributed by atoms with Gasteiger partial charge >= 0.3 is 17.9 Å². The summed E-state index contributed by atoms with van der Waals surface area (Å²) in [5, 5.41) is 0. The molecule has 80 heavy (non-hydrogen) atoms. The van der Waals surface area contributed by atoms with Gasteiger partial charge in [0.2, 0.25) is 0 Å². The number of unbranched alkanes of at least 4 members (excludes halogenated alkanes) is 21. The average Bonchev–Trinajstić information content (AvgIpc) is 3.45. The summed E-state index contributed by atoms with van der Waals surface area (Å²) in [6.45, 7) is 6.84. The predicted octanol–water partition coefficient (Wildman–Crippen LogP) is 21.0. The van der Waals surface area contributed by atoms with Gasteiger partial charge in [0.1, 0.15) is 0 Å². The molecule has 0 radical (unpaired) electrons. The van der Waals surface area contributed by atoms with Crippen LogP contribution < -0.4 is 9.47 Å². The number of carbonyl (C=O) groups excluding carboxylic acids is 3. The number of allylic oxidation sites excluding steroid dienone is 33. The Labute approximate surface area is 486 Å². The van der Waals surface area contributed by atoms with E-state index in [1.165, 1.54) is 153 Å². The first-order valence-corrected chi connectivity index (χ1v) is 30.2. The van der Waals surface area contributed by atoms with Gasteiger partial charge in [-0.2, -0.15) is 0 Å². The highest BCUT2D eigenvalue weighted by molar-refractivity contribution is 5.87. The number of benzene rings is 1. The summed E-state index contributed by atoms with van der Waals surface area (Å²) in [5.74, 6) is -1.68. The van der Waals surface area contributed by atoms with Gasteiger partial charge in [0, 0.05) is 24.6 Å². The number of hydrogen-bond acceptors (Lipinski definition) is 6. The van der Waals surface area contributed by atoms with Crippen molar-refractivity contribution in [2.24, 2.45) is 0 Å².